The number of hydrogen-bond donors (Lipinski definition) is 0. The first-order chi connectivity index (χ1) is 30.3. The number of hydrogen-bond acceptors (Lipinski definition) is 4. The van der Waals surface area contributed by atoms with E-state index >= 15 is 0 Å². The van der Waals surface area contributed by atoms with Crippen LogP contribution in [-0.2, 0) is 9.53 Å². The van der Waals surface area contributed by atoms with Gasteiger partial charge in [-0.05, 0) is 117 Å². The fourth-order valence-electron chi connectivity index (χ4n) is 10.6. The second-order valence-corrected chi connectivity index (χ2v) is 23.3. The Kier molecular flexibility index (Phi) is 11.4. The van der Waals surface area contributed by atoms with Crippen LogP contribution in [-0.4, -0.2) is 27.4 Å². The summed E-state index contributed by atoms with van der Waals surface area (Å²) in [6.45, 7) is 22.5. The molecule has 0 aliphatic carbocycles. The maximum Gasteiger partial charge on any atom is 0.302 e. The highest BCUT2D eigenvalue weighted by Gasteiger charge is 2.54. The number of ether oxygens (including phenoxy) is 1. The maximum atomic E-state index is 9.82. The molecule has 63 heavy (non-hydrogen) atoms. The van der Waals surface area contributed by atoms with Crippen LogP contribution in [0.4, 0.5) is 17.1 Å². The topological polar surface area (TPSA) is 29.5 Å². The summed E-state index contributed by atoms with van der Waals surface area (Å²) in [6, 6.07) is 54.7. The highest BCUT2D eigenvalue weighted by atomic mass is 32.2. The molecule has 6 heteroatoms. The first-order valence-electron chi connectivity index (χ1n) is 22.8. The van der Waals surface area contributed by atoms with Gasteiger partial charge in [-0.1, -0.05) is 190 Å². The van der Waals surface area contributed by atoms with Gasteiger partial charge in [0, 0.05) is 33.8 Å². The molecule has 1 spiro atoms. The molecule has 10 rings (SSSR count). The Balaban J connectivity index is 0.000000787. The van der Waals surface area contributed by atoms with Gasteiger partial charge in [0.15, 0.2) is 8.07 Å². The van der Waals surface area contributed by atoms with Crippen LogP contribution >= 0.6 is 11.8 Å². The third-order valence-electron chi connectivity index (χ3n) is 13.4. The molecule has 316 valence electrons. The molecule has 3 aliphatic rings. The van der Waals surface area contributed by atoms with E-state index in [-0.39, 0.29) is 12.7 Å². The number of nitrogens with zero attached hydrogens (tertiary/aromatic N) is 1. The Morgan fingerprint density at radius 1 is 0.603 bits per heavy atom. The Bertz CT molecular complexity index is 2790. The van der Waals surface area contributed by atoms with E-state index in [1.165, 1.54) is 110 Å². The van der Waals surface area contributed by atoms with Gasteiger partial charge in [0.1, 0.15) is 0 Å². The van der Waals surface area contributed by atoms with E-state index in [1.54, 1.807) is 6.92 Å². The molecule has 0 aromatic heterocycles. The van der Waals surface area contributed by atoms with E-state index in [4.69, 9.17) is 0 Å². The largest absolute Gasteiger partial charge is 0.466 e. The normalized spacial score (nSPS) is 13.8. The summed E-state index contributed by atoms with van der Waals surface area (Å²) < 4.78 is 4.40. The Morgan fingerprint density at radius 3 is 1.63 bits per heavy atom. The van der Waals surface area contributed by atoms with Crippen LogP contribution in [0.5, 0.6) is 0 Å². The van der Waals surface area contributed by atoms with Crippen molar-refractivity contribution in [2.45, 2.75) is 96.8 Å². The van der Waals surface area contributed by atoms with E-state index in [0.717, 1.165) is 0 Å². The molecule has 3 heterocycles. The van der Waals surface area contributed by atoms with Gasteiger partial charge in [-0.25, -0.2) is 0 Å². The van der Waals surface area contributed by atoms with Crippen molar-refractivity contribution in [1.82, 2.24) is 0 Å². The minimum Gasteiger partial charge on any atom is -0.466 e. The van der Waals surface area contributed by atoms with Crippen LogP contribution in [0.3, 0.4) is 0 Å². The molecular weight excluding hydrogens is 802 g/mol. The number of esters is 1. The monoisotopic (exact) mass is 859 g/mol. The van der Waals surface area contributed by atoms with Crippen molar-refractivity contribution in [1.29, 1.82) is 0 Å². The fraction of sp³-hybridized carbons (Fsp3) is 0.246. The van der Waals surface area contributed by atoms with Gasteiger partial charge in [-0.15, -0.1) is 0 Å². The van der Waals surface area contributed by atoms with Gasteiger partial charge < -0.3 is 9.64 Å². The summed E-state index contributed by atoms with van der Waals surface area (Å²) in [5.74, 6) is 1.10. The zero-order chi connectivity index (χ0) is 44.3. The lowest BCUT2D eigenvalue weighted by Gasteiger charge is -2.44. The molecule has 3 nitrogen and oxygen atoms in total. The minimum absolute atomic E-state index is 0.163. The summed E-state index contributed by atoms with van der Waals surface area (Å²) in [6.07, 6.45) is 0. The lowest BCUT2D eigenvalue weighted by atomic mass is 9.34. The van der Waals surface area contributed by atoms with Crippen LogP contribution in [0, 0.1) is 13.8 Å². The smallest absolute Gasteiger partial charge is 0.302 e. The summed E-state index contributed by atoms with van der Waals surface area (Å²) in [7, 11) is -2.66. The molecule has 0 radical (unpaired) electrons. The Morgan fingerprint density at radius 2 is 1.13 bits per heavy atom. The van der Waals surface area contributed by atoms with Gasteiger partial charge in [0.05, 0.1) is 6.61 Å². The molecule has 0 N–H and O–H groups in total. The predicted octanol–water partition coefficient (Wildman–Crippen LogP) is 10.4. The van der Waals surface area contributed by atoms with E-state index in [2.05, 4.69) is 205 Å². The summed E-state index contributed by atoms with van der Waals surface area (Å²) in [4.78, 5) is 15.1. The van der Waals surface area contributed by atoms with Crippen molar-refractivity contribution in [3.8, 4) is 11.1 Å². The average Bonchev–Trinajstić information content (AvgIpc) is 3.56. The van der Waals surface area contributed by atoms with Crippen molar-refractivity contribution < 1.29 is 9.53 Å². The van der Waals surface area contributed by atoms with Crippen LogP contribution in [0.25, 0.3) is 11.1 Å². The minimum atomic E-state index is -2.66. The van der Waals surface area contributed by atoms with E-state index in [1.807, 2.05) is 11.8 Å². The second kappa shape index (κ2) is 16.9. The zero-order valence-electron chi connectivity index (χ0n) is 38.5. The van der Waals surface area contributed by atoms with Crippen LogP contribution in [0.1, 0.15) is 101 Å². The van der Waals surface area contributed by atoms with Gasteiger partial charge in [-0.2, -0.15) is 0 Å². The number of carbonyl (C=O) groups excluding carboxylic acids is 1. The van der Waals surface area contributed by atoms with E-state index in [0.29, 0.717) is 24.4 Å². The molecule has 0 saturated heterocycles. The van der Waals surface area contributed by atoms with Crippen LogP contribution in [0.15, 0.2) is 149 Å². The maximum absolute atomic E-state index is 9.82. The number of carbonyl (C=O) groups is 1. The van der Waals surface area contributed by atoms with Crippen molar-refractivity contribution in [3.05, 3.63) is 167 Å². The SMILES string of the molecule is CCOC(C)=O.Cc1ccc2c(c1)[Si]1(c3ccccc3-c3ccccc31)c1cc(C)ccc1N2c1ccc2c(c1)Sc1ccccc1B2c1c(C(C)C)cc(C(C)C)cc1C(C)C. The van der Waals surface area contributed by atoms with Crippen molar-refractivity contribution in [3.63, 3.8) is 0 Å². The summed E-state index contributed by atoms with van der Waals surface area (Å²) in [5.41, 5.74) is 18.0. The van der Waals surface area contributed by atoms with E-state index < -0.39 is 8.07 Å². The fourth-order valence-corrected chi connectivity index (χ4v) is 17.5. The standard InChI is InChI=1S/C53H50BNSSi.C4H8O2/c1-32(2)37-29-41(33(3)4)53(42(30-37)34(5)6)54-43-17-11-12-18-47(43)56-48-31-38(23-24-44(48)54)55-45-25-21-35(7)27-51(45)57(52-28-36(8)22-26-46(52)55)49-19-13-9-15-39(49)40-16-10-14-20-50(40)57;1-3-6-4(2)5/h9-34H,1-8H3;3H2,1-2H3. The first kappa shape index (κ1) is 42.7. The average molecular weight is 860 g/mol. The number of fused-ring (bicyclic) bond motifs is 11. The molecular formula is C57H58BNO2SSi. The quantitative estimate of drug-likeness (QED) is 0.123. The van der Waals surface area contributed by atoms with Crippen molar-refractivity contribution in [2.75, 3.05) is 11.5 Å². The highest BCUT2D eigenvalue weighted by Crippen LogP contribution is 2.43. The first-order valence-corrected chi connectivity index (χ1v) is 25.6. The number of benzene rings is 7. The Labute approximate surface area is 381 Å². The molecule has 3 aliphatic heterocycles. The molecule has 0 atom stereocenters. The van der Waals surface area contributed by atoms with E-state index in [9.17, 15) is 4.79 Å². The van der Waals surface area contributed by atoms with Crippen molar-refractivity contribution in [2.24, 2.45) is 0 Å². The number of rotatable bonds is 6. The molecule has 7 aromatic carbocycles. The van der Waals surface area contributed by atoms with Gasteiger partial charge >= 0.3 is 5.97 Å². The molecule has 0 bridgehead atoms. The molecule has 0 unspecified atom stereocenters. The van der Waals surface area contributed by atoms with Crippen LogP contribution < -0.4 is 42.0 Å². The summed E-state index contributed by atoms with van der Waals surface area (Å²) >= 11 is 1.95. The molecule has 0 saturated carbocycles. The molecule has 7 aromatic rings. The number of aryl methyl sites for hydroxylation is 2. The number of anilines is 3. The second-order valence-electron chi connectivity index (χ2n) is 18.5. The van der Waals surface area contributed by atoms with Gasteiger partial charge in [0.2, 0.25) is 6.71 Å². The van der Waals surface area contributed by atoms with Gasteiger partial charge in [0.25, 0.3) is 0 Å². The third-order valence-corrected chi connectivity index (χ3v) is 19.4. The van der Waals surface area contributed by atoms with Gasteiger partial charge in [-0.3, -0.25) is 4.79 Å². The third kappa shape index (κ3) is 7.11. The zero-order valence-corrected chi connectivity index (χ0v) is 40.3. The Hall–Kier alpha value is -5.56. The molecule has 0 amide bonds. The molecule has 0 fully saturated rings. The highest BCUT2D eigenvalue weighted by molar-refractivity contribution is 8.00. The lowest BCUT2D eigenvalue weighted by molar-refractivity contribution is -0.140. The predicted molar refractivity (Wildman–Crippen MR) is 273 cm³/mol. The van der Waals surface area contributed by atoms with Crippen LogP contribution in [0.2, 0.25) is 0 Å². The summed E-state index contributed by atoms with van der Waals surface area (Å²) in [5, 5.41) is 5.99. The van der Waals surface area contributed by atoms with Crippen molar-refractivity contribution >= 4 is 86.7 Å². The lowest BCUT2D eigenvalue weighted by Crippen LogP contribution is -2.75.